The summed E-state index contributed by atoms with van der Waals surface area (Å²) in [6.45, 7) is 1.78. The molecule has 144 valence electrons. The molecule has 8 heteroatoms. The lowest BCUT2D eigenvalue weighted by atomic mass is 10.1. The summed E-state index contributed by atoms with van der Waals surface area (Å²) < 4.78 is 13.5. The van der Waals surface area contributed by atoms with Crippen molar-refractivity contribution >= 4 is 22.7 Å². The first-order chi connectivity index (χ1) is 13.7. The Hall–Kier alpha value is -2.29. The molecule has 7 nitrogen and oxygen atoms in total. The molecule has 1 spiro atoms. The Labute approximate surface area is 166 Å². The SMILES string of the molecule is CSc1ncc(-c2ccc3c(=O)n4c(nc3c2)CCC2(CC4)OCCO2)cn1. The number of hydrogen-bond donors (Lipinski definition) is 0. The maximum absolute atomic E-state index is 13.1. The van der Waals surface area contributed by atoms with E-state index in [0.717, 1.165) is 22.1 Å². The highest BCUT2D eigenvalue weighted by Crippen LogP contribution is 2.32. The Balaban J connectivity index is 1.55. The fraction of sp³-hybridized carbons (Fsp3) is 0.400. The first-order valence-electron chi connectivity index (χ1n) is 9.35. The number of benzene rings is 1. The number of fused-ring (bicyclic) bond motifs is 2. The van der Waals surface area contributed by atoms with Crippen LogP contribution in [-0.2, 0) is 22.4 Å². The topological polar surface area (TPSA) is 79.1 Å². The molecule has 4 heterocycles. The van der Waals surface area contributed by atoms with Gasteiger partial charge in [0.2, 0.25) is 0 Å². The Bertz CT molecular complexity index is 1090. The fourth-order valence-electron chi connectivity index (χ4n) is 3.93. The molecule has 2 aliphatic rings. The van der Waals surface area contributed by atoms with Crippen LogP contribution in [0, 0.1) is 0 Å². The summed E-state index contributed by atoms with van der Waals surface area (Å²) in [5, 5.41) is 1.36. The van der Waals surface area contributed by atoms with Gasteiger partial charge in [0.25, 0.3) is 5.56 Å². The number of aromatic nitrogens is 4. The lowest BCUT2D eigenvalue weighted by Gasteiger charge is -2.24. The molecule has 0 radical (unpaired) electrons. The van der Waals surface area contributed by atoms with Gasteiger partial charge in [0.15, 0.2) is 10.9 Å². The molecule has 0 unspecified atom stereocenters. The molecule has 0 bridgehead atoms. The zero-order valence-electron chi connectivity index (χ0n) is 15.6. The monoisotopic (exact) mass is 396 g/mol. The molecule has 5 rings (SSSR count). The van der Waals surface area contributed by atoms with E-state index in [2.05, 4.69) is 9.97 Å². The van der Waals surface area contributed by atoms with Crippen LogP contribution >= 0.6 is 11.8 Å². The standard InChI is InChI=1S/C20H20N4O3S/c1-28-19-21-11-14(12-22-19)13-2-3-15-16(10-13)23-17-4-5-20(26-8-9-27-20)6-7-24(17)18(15)25/h2-3,10-12H,4-9H2,1H3. The van der Waals surface area contributed by atoms with Gasteiger partial charge in [-0.2, -0.15) is 0 Å². The highest BCUT2D eigenvalue weighted by atomic mass is 32.2. The van der Waals surface area contributed by atoms with Crippen LogP contribution in [0.1, 0.15) is 18.7 Å². The average molecular weight is 396 g/mol. The van der Waals surface area contributed by atoms with Crippen LogP contribution < -0.4 is 5.56 Å². The Kier molecular flexibility index (Phi) is 4.41. The van der Waals surface area contributed by atoms with E-state index in [1.165, 1.54) is 11.8 Å². The molecule has 1 aromatic carbocycles. The van der Waals surface area contributed by atoms with Crippen molar-refractivity contribution in [2.45, 2.75) is 36.8 Å². The van der Waals surface area contributed by atoms with Crippen LogP contribution in [0.4, 0.5) is 0 Å². The summed E-state index contributed by atoms with van der Waals surface area (Å²) in [7, 11) is 0. The molecule has 0 N–H and O–H groups in total. The second kappa shape index (κ2) is 6.95. The number of nitrogens with zero attached hydrogens (tertiary/aromatic N) is 4. The fourth-order valence-corrected chi connectivity index (χ4v) is 4.25. The van der Waals surface area contributed by atoms with Crippen LogP contribution in [0.15, 0.2) is 40.5 Å². The molecule has 1 saturated heterocycles. The highest BCUT2D eigenvalue weighted by Gasteiger charge is 2.38. The van der Waals surface area contributed by atoms with E-state index < -0.39 is 5.79 Å². The number of thioether (sulfide) groups is 1. The van der Waals surface area contributed by atoms with E-state index in [-0.39, 0.29) is 5.56 Å². The Morgan fingerprint density at radius 1 is 1.11 bits per heavy atom. The van der Waals surface area contributed by atoms with Crippen molar-refractivity contribution in [3.8, 4) is 11.1 Å². The summed E-state index contributed by atoms with van der Waals surface area (Å²) >= 11 is 1.50. The van der Waals surface area contributed by atoms with Crippen molar-refractivity contribution in [2.75, 3.05) is 19.5 Å². The number of rotatable bonds is 2. The predicted octanol–water partition coefficient (Wildman–Crippen LogP) is 2.65. The largest absolute Gasteiger partial charge is 0.347 e. The van der Waals surface area contributed by atoms with Gasteiger partial charge in [0.05, 0.1) is 24.1 Å². The van der Waals surface area contributed by atoms with Gasteiger partial charge in [0, 0.05) is 43.8 Å². The molecule has 28 heavy (non-hydrogen) atoms. The lowest BCUT2D eigenvalue weighted by Crippen LogP contribution is -2.31. The number of ether oxygens (including phenoxy) is 2. The van der Waals surface area contributed by atoms with Crippen molar-refractivity contribution < 1.29 is 9.47 Å². The second-order valence-electron chi connectivity index (χ2n) is 7.03. The molecule has 0 aliphatic carbocycles. The predicted molar refractivity (Wildman–Crippen MR) is 106 cm³/mol. The minimum atomic E-state index is -0.562. The normalized spacial score (nSPS) is 18.3. The Morgan fingerprint density at radius 2 is 1.89 bits per heavy atom. The summed E-state index contributed by atoms with van der Waals surface area (Å²) in [5.74, 6) is 0.230. The van der Waals surface area contributed by atoms with Gasteiger partial charge < -0.3 is 9.47 Å². The smallest absolute Gasteiger partial charge is 0.261 e. The average Bonchev–Trinajstić information content (AvgIpc) is 3.12. The molecule has 2 aromatic heterocycles. The van der Waals surface area contributed by atoms with Gasteiger partial charge in [-0.15, -0.1) is 0 Å². The van der Waals surface area contributed by atoms with Gasteiger partial charge in [-0.25, -0.2) is 15.0 Å². The zero-order chi connectivity index (χ0) is 19.1. The second-order valence-corrected chi connectivity index (χ2v) is 7.81. The summed E-state index contributed by atoms with van der Waals surface area (Å²) in [6.07, 6.45) is 7.59. The van der Waals surface area contributed by atoms with Gasteiger partial charge in [0.1, 0.15) is 5.82 Å². The van der Waals surface area contributed by atoms with Gasteiger partial charge in [-0.3, -0.25) is 9.36 Å². The first kappa shape index (κ1) is 17.8. The van der Waals surface area contributed by atoms with Crippen LogP contribution in [0.3, 0.4) is 0 Å². The molecule has 0 atom stereocenters. The molecular formula is C20H20N4O3S. The van der Waals surface area contributed by atoms with E-state index >= 15 is 0 Å². The van der Waals surface area contributed by atoms with Crippen molar-refractivity contribution in [1.29, 1.82) is 0 Å². The van der Waals surface area contributed by atoms with Crippen molar-refractivity contribution in [2.24, 2.45) is 0 Å². The van der Waals surface area contributed by atoms with Gasteiger partial charge >= 0.3 is 0 Å². The maximum atomic E-state index is 13.1. The van der Waals surface area contributed by atoms with E-state index in [1.54, 1.807) is 17.0 Å². The summed E-state index contributed by atoms with van der Waals surface area (Å²) in [6, 6.07) is 5.72. The van der Waals surface area contributed by atoms with Crippen LogP contribution in [0.5, 0.6) is 0 Å². The minimum Gasteiger partial charge on any atom is -0.347 e. The minimum absolute atomic E-state index is 0.00409. The van der Waals surface area contributed by atoms with Crippen molar-refractivity contribution in [1.82, 2.24) is 19.5 Å². The van der Waals surface area contributed by atoms with Crippen molar-refractivity contribution in [3.05, 3.63) is 46.8 Å². The van der Waals surface area contributed by atoms with Crippen LogP contribution in [0.25, 0.3) is 22.0 Å². The maximum Gasteiger partial charge on any atom is 0.261 e. The number of aryl methyl sites for hydroxylation is 1. The summed E-state index contributed by atoms with van der Waals surface area (Å²) in [5.41, 5.74) is 2.55. The van der Waals surface area contributed by atoms with E-state index in [9.17, 15) is 4.79 Å². The lowest BCUT2D eigenvalue weighted by molar-refractivity contribution is -0.165. The zero-order valence-corrected chi connectivity index (χ0v) is 16.4. The molecule has 0 amide bonds. The van der Waals surface area contributed by atoms with Gasteiger partial charge in [-0.1, -0.05) is 17.8 Å². The molecular weight excluding hydrogens is 376 g/mol. The molecule has 2 aliphatic heterocycles. The summed E-state index contributed by atoms with van der Waals surface area (Å²) in [4.78, 5) is 26.6. The first-order valence-corrected chi connectivity index (χ1v) is 10.6. The van der Waals surface area contributed by atoms with Gasteiger partial charge in [-0.05, 0) is 24.0 Å². The number of hydrogen-bond acceptors (Lipinski definition) is 7. The van der Waals surface area contributed by atoms with E-state index in [0.29, 0.717) is 49.9 Å². The third-order valence-electron chi connectivity index (χ3n) is 5.44. The third kappa shape index (κ3) is 3.01. The molecule has 0 saturated carbocycles. The Morgan fingerprint density at radius 3 is 2.64 bits per heavy atom. The van der Waals surface area contributed by atoms with Crippen molar-refractivity contribution in [3.63, 3.8) is 0 Å². The third-order valence-corrected chi connectivity index (χ3v) is 6.01. The molecule has 3 aromatic rings. The molecule has 1 fully saturated rings. The van der Waals surface area contributed by atoms with E-state index in [4.69, 9.17) is 14.5 Å². The quantitative estimate of drug-likeness (QED) is 0.487. The van der Waals surface area contributed by atoms with Crippen LogP contribution in [-0.4, -0.2) is 44.8 Å². The highest BCUT2D eigenvalue weighted by molar-refractivity contribution is 7.98. The van der Waals surface area contributed by atoms with Crippen LogP contribution in [0.2, 0.25) is 0 Å². The van der Waals surface area contributed by atoms with E-state index in [1.807, 2.05) is 24.5 Å².